The Bertz CT molecular complexity index is 1260. The van der Waals surface area contributed by atoms with Gasteiger partial charge < -0.3 is 15.5 Å². The van der Waals surface area contributed by atoms with E-state index >= 15 is 0 Å². The van der Waals surface area contributed by atoms with Crippen LogP contribution in [0.2, 0.25) is 0 Å². The molecule has 1 saturated heterocycles. The maximum absolute atomic E-state index is 15.0. The number of benzene rings is 2. The Balaban J connectivity index is 0.00000267. The van der Waals surface area contributed by atoms with E-state index < -0.39 is 46.3 Å². The van der Waals surface area contributed by atoms with Crippen molar-refractivity contribution >= 4 is 22.8 Å². The number of likely N-dealkylation sites (tertiary alicyclic amines) is 1. The van der Waals surface area contributed by atoms with Gasteiger partial charge in [-0.2, -0.15) is 5.26 Å². The lowest BCUT2D eigenvalue weighted by Crippen LogP contribution is -2.55. The van der Waals surface area contributed by atoms with Crippen molar-refractivity contribution in [3.8, 4) is 17.2 Å². The highest BCUT2D eigenvalue weighted by Crippen LogP contribution is 2.43. The summed E-state index contributed by atoms with van der Waals surface area (Å²) in [6.07, 6.45) is 3.47. The summed E-state index contributed by atoms with van der Waals surface area (Å²) in [5.41, 5.74) is 1.06. The smallest absolute Gasteiger partial charge is 0.411 e. The molecule has 8 nitrogen and oxygen atoms in total. The van der Waals surface area contributed by atoms with E-state index in [4.69, 9.17) is 4.74 Å². The molecule has 2 amide bonds. The van der Waals surface area contributed by atoms with Gasteiger partial charge in [-0.1, -0.05) is 24.3 Å². The first kappa shape index (κ1) is 29.3. The molecule has 1 aliphatic carbocycles. The van der Waals surface area contributed by atoms with Gasteiger partial charge in [-0.15, -0.1) is 0 Å². The number of amides is 2. The molecular weight excluding hydrogens is 509 g/mol. The average molecular weight is 546 g/mol. The Labute approximate surface area is 226 Å². The fraction of sp³-hybridized carbons (Fsp3) is 0.464. The summed E-state index contributed by atoms with van der Waals surface area (Å²) >= 11 is 0. The minimum atomic E-state index is -1.09. The second kappa shape index (κ2) is 11.6. The zero-order chi connectivity index (χ0) is 26.9. The van der Waals surface area contributed by atoms with Gasteiger partial charge in [0.2, 0.25) is 5.91 Å². The molecule has 3 N–H and O–H groups in total. The molecule has 206 valence electrons. The molecule has 2 fully saturated rings. The van der Waals surface area contributed by atoms with Gasteiger partial charge in [0.15, 0.2) is 0 Å². The van der Waals surface area contributed by atoms with Crippen LogP contribution in [-0.2, 0) is 26.8 Å². The van der Waals surface area contributed by atoms with Crippen molar-refractivity contribution < 1.29 is 29.8 Å². The fourth-order valence-corrected chi connectivity index (χ4v) is 5.76. The highest BCUT2D eigenvalue weighted by Gasteiger charge is 2.52. The first-order chi connectivity index (χ1) is 17.5. The minimum absolute atomic E-state index is 0. The molecule has 1 heterocycles. The lowest BCUT2D eigenvalue weighted by Gasteiger charge is -2.35. The molecule has 2 aromatic rings. The standard InChI is InChI=1S/C28H32FN3O4S.H2O.H2/c1-28(2,3)36-27(34)32-22-10-7-20(14-22)25(32)26(33)31-21(16-30)13-19-6-5-18(15-24(19)29)17-8-11-23(12-9-17)37(4)35;;/h5-6,8-9,11-12,15,20-22,25H,7,10,13-14H2,1-4H3,(H,31,33);1H2;1H/t20?,21?,22?,25-,37?;;/m0../s1. The van der Waals surface area contributed by atoms with Gasteiger partial charge in [-0.25, -0.2) is 9.18 Å². The minimum Gasteiger partial charge on any atom is -0.444 e. The summed E-state index contributed by atoms with van der Waals surface area (Å²) < 4.78 is 32.1. The van der Waals surface area contributed by atoms with Gasteiger partial charge in [-0.3, -0.25) is 13.9 Å². The van der Waals surface area contributed by atoms with Gasteiger partial charge in [0.25, 0.3) is 0 Å². The monoisotopic (exact) mass is 545 g/mol. The summed E-state index contributed by atoms with van der Waals surface area (Å²) in [6, 6.07) is 12.2. The van der Waals surface area contributed by atoms with Crippen LogP contribution < -0.4 is 5.32 Å². The topological polar surface area (TPSA) is 131 Å². The van der Waals surface area contributed by atoms with Gasteiger partial charge in [0, 0.05) is 35.8 Å². The van der Waals surface area contributed by atoms with Crippen LogP contribution in [0.25, 0.3) is 11.1 Å². The predicted octanol–water partition coefficient (Wildman–Crippen LogP) is 3.99. The van der Waals surface area contributed by atoms with Crippen molar-refractivity contribution in [2.24, 2.45) is 5.92 Å². The van der Waals surface area contributed by atoms with Crippen LogP contribution in [0.3, 0.4) is 0 Å². The number of piperidine rings is 1. The summed E-state index contributed by atoms with van der Waals surface area (Å²) in [5.74, 6) is -0.870. The molecule has 4 unspecified atom stereocenters. The molecule has 1 aliphatic heterocycles. The van der Waals surface area contributed by atoms with Gasteiger partial charge in [0.1, 0.15) is 23.5 Å². The quantitative estimate of drug-likeness (QED) is 0.586. The van der Waals surface area contributed by atoms with Gasteiger partial charge in [-0.05, 0) is 80.8 Å². The summed E-state index contributed by atoms with van der Waals surface area (Å²) in [5, 5.41) is 12.5. The molecule has 0 spiro atoms. The largest absolute Gasteiger partial charge is 0.444 e. The molecule has 10 heteroatoms. The third-order valence-electron chi connectivity index (χ3n) is 6.93. The van der Waals surface area contributed by atoms with Crippen LogP contribution in [0.15, 0.2) is 47.4 Å². The van der Waals surface area contributed by atoms with Crippen LogP contribution in [0, 0.1) is 23.1 Å². The van der Waals surface area contributed by atoms with E-state index in [9.17, 15) is 23.5 Å². The van der Waals surface area contributed by atoms with Crippen molar-refractivity contribution in [1.29, 1.82) is 5.26 Å². The van der Waals surface area contributed by atoms with Crippen molar-refractivity contribution in [1.82, 2.24) is 10.2 Å². The summed E-state index contributed by atoms with van der Waals surface area (Å²) in [6.45, 7) is 5.34. The number of nitrogens with zero attached hydrogens (tertiary/aromatic N) is 2. The Morgan fingerprint density at radius 2 is 1.87 bits per heavy atom. The first-order valence-corrected chi connectivity index (χ1v) is 14.0. The predicted molar refractivity (Wildman–Crippen MR) is 144 cm³/mol. The Morgan fingerprint density at radius 1 is 1.21 bits per heavy atom. The average Bonchev–Trinajstić information content (AvgIpc) is 3.45. The Hall–Kier alpha value is -3.29. The SMILES string of the molecule is CS(=O)c1ccc(-c2ccc(CC(C#N)NC(=O)[C@@H]3C4CCC(C4)N3C(=O)OC(C)(C)C)c(F)c2)cc1.O.[HH]. The number of nitrogens with one attached hydrogen (secondary N) is 1. The second-order valence-electron chi connectivity index (χ2n) is 10.7. The number of carbonyl (C=O) groups is 2. The van der Waals surface area contributed by atoms with Crippen LogP contribution in [0.5, 0.6) is 0 Å². The van der Waals surface area contributed by atoms with Crippen LogP contribution in [0.4, 0.5) is 9.18 Å². The Kier molecular flexibility index (Phi) is 8.95. The lowest BCUT2D eigenvalue weighted by atomic mass is 9.97. The van der Waals surface area contributed by atoms with Crippen LogP contribution >= 0.6 is 0 Å². The molecule has 2 bridgehead atoms. The van der Waals surface area contributed by atoms with E-state index in [1.54, 1.807) is 63.4 Å². The molecule has 4 rings (SSSR count). The number of halogens is 1. The highest BCUT2D eigenvalue weighted by atomic mass is 32.2. The third-order valence-corrected chi connectivity index (χ3v) is 7.86. The van der Waals surface area contributed by atoms with Gasteiger partial charge in [0.05, 0.1) is 6.07 Å². The number of ether oxygens (including phenoxy) is 1. The zero-order valence-corrected chi connectivity index (χ0v) is 22.8. The number of fused-ring (bicyclic) bond motifs is 2. The van der Waals surface area contributed by atoms with E-state index in [0.717, 1.165) is 24.8 Å². The molecule has 1 saturated carbocycles. The van der Waals surface area contributed by atoms with Crippen molar-refractivity contribution in [2.45, 2.75) is 75.1 Å². The number of hydrogen-bond acceptors (Lipinski definition) is 5. The van der Waals surface area contributed by atoms with Crippen molar-refractivity contribution in [2.75, 3.05) is 6.26 Å². The summed E-state index contributed by atoms with van der Waals surface area (Å²) in [4.78, 5) is 28.3. The van der Waals surface area contributed by atoms with E-state index in [1.165, 1.54) is 11.0 Å². The molecule has 2 aromatic carbocycles. The van der Waals surface area contributed by atoms with Crippen LogP contribution in [0.1, 0.15) is 47.0 Å². The normalized spacial score (nSPS) is 21.7. The van der Waals surface area contributed by atoms with Crippen molar-refractivity contribution in [3.05, 3.63) is 53.8 Å². The molecule has 5 atom stereocenters. The Morgan fingerprint density at radius 3 is 2.45 bits per heavy atom. The molecule has 0 radical (unpaired) electrons. The van der Waals surface area contributed by atoms with E-state index in [-0.39, 0.29) is 25.3 Å². The van der Waals surface area contributed by atoms with E-state index in [2.05, 4.69) is 11.4 Å². The van der Waals surface area contributed by atoms with E-state index in [0.29, 0.717) is 16.0 Å². The van der Waals surface area contributed by atoms with Crippen LogP contribution in [-0.4, -0.2) is 56.6 Å². The number of nitriles is 1. The van der Waals surface area contributed by atoms with Crippen molar-refractivity contribution in [3.63, 3.8) is 0 Å². The zero-order valence-electron chi connectivity index (χ0n) is 22.0. The number of carbonyl (C=O) groups excluding carboxylic acids is 2. The molecular formula is C28H36FN3O5S. The third kappa shape index (κ3) is 6.40. The fourth-order valence-electron chi connectivity index (χ4n) is 5.24. The molecule has 0 aromatic heterocycles. The highest BCUT2D eigenvalue weighted by molar-refractivity contribution is 7.84. The molecule has 2 aliphatic rings. The number of hydrogen-bond donors (Lipinski definition) is 1. The first-order valence-electron chi connectivity index (χ1n) is 12.4. The van der Waals surface area contributed by atoms with Gasteiger partial charge >= 0.3 is 6.09 Å². The van der Waals surface area contributed by atoms with E-state index in [1.807, 2.05) is 0 Å². The maximum Gasteiger partial charge on any atom is 0.411 e. The molecule has 38 heavy (non-hydrogen) atoms. The maximum atomic E-state index is 15.0. The second-order valence-corrected chi connectivity index (χ2v) is 12.1. The number of rotatable bonds is 6. The lowest BCUT2D eigenvalue weighted by molar-refractivity contribution is -0.128. The summed E-state index contributed by atoms with van der Waals surface area (Å²) in [7, 11) is -1.09.